The van der Waals surface area contributed by atoms with Crippen LogP contribution in [0.4, 0.5) is 0 Å². The lowest BCUT2D eigenvalue weighted by Crippen LogP contribution is -2.12. The Morgan fingerprint density at radius 2 is 1.72 bits per heavy atom. The van der Waals surface area contributed by atoms with Crippen molar-refractivity contribution in [3.63, 3.8) is 0 Å². The third-order valence-electron chi connectivity index (χ3n) is 3.78. The molecule has 0 saturated heterocycles. The van der Waals surface area contributed by atoms with Crippen molar-refractivity contribution in [2.75, 3.05) is 6.61 Å². The zero-order chi connectivity index (χ0) is 17.8. The highest BCUT2D eigenvalue weighted by Crippen LogP contribution is 2.28. The molecule has 25 heavy (non-hydrogen) atoms. The van der Waals surface area contributed by atoms with Gasteiger partial charge in [-0.2, -0.15) is 5.26 Å². The van der Waals surface area contributed by atoms with Gasteiger partial charge in [0.25, 0.3) is 5.56 Å². The van der Waals surface area contributed by atoms with Crippen molar-refractivity contribution in [1.82, 2.24) is 4.98 Å². The SMILES string of the molecule is CCOc1ccc(-c2cc(-c3ccc(Br)cc3)c(C#N)c(=O)[nH]2)cc1. The average molecular weight is 395 g/mol. The molecule has 1 N–H and O–H groups in total. The van der Waals surface area contributed by atoms with E-state index in [1.54, 1.807) is 0 Å². The summed E-state index contributed by atoms with van der Waals surface area (Å²) in [5.74, 6) is 0.773. The van der Waals surface area contributed by atoms with Crippen LogP contribution in [0, 0.1) is 11.3 Å². The van der Waals surface area contributed by atoms with Gasteiger partial charge in [-0.1, -0.05) is 28.1 Å². The van der Waals surface area contributed by atoms with Crippen LogP contribution in [-0.4, -0.2) is 11.6 Å². The zero-order valence-corrected chi connectivity index (χ0v) is 15.1. The van der Waals surface area contributed by atoms with Crippen molar-refractivity contribution in [1.29, 1.82) is 5.26 Å². The summed E-state index contributed by atoms with van der Waals surface area (Å²) in [5, 5.41) is 9.38. The standard InChI is InChI=1S/C20H15BrN2O2/c1-2-25-16-9-5-14(6-10-16)19-11-17(18(12-22)20(24)23-19)13-3-7-15(21)8-4-13/h3-11H,2H2,1H3,(H,23,24). The maximum absolute atomic E-state index is 12.4. The molecule has 0 aliphatic heterocycles. The van der Waals surface area contributed by atoms with Gasteiger partial charge < -0.3 is 9.72 Å². The molecule has 0 aliphatic rings. The summed E-state index contributed by atoms with van der Waals surface area (Å²) in [6.07, 6.45) is 0. The summed E-state index contributed by atoms with van der Waals surface area (Å²) in [5.41, 5.74) is 2.65. The lowest BCUT2D eigenvalue weighted by Gasteiger charge is -2.09. The number of aromatic nitrogens is 1. The smallest absolute Gasteiger partial charge is 0.266 e. The molecule has 3 aromatic rings. The van der Waals surface area contributed by atoms with Gasteiger partial charge in [0.15, 0.2) is 0 Å². The number of nitrogens with one attached hydrogen (secondary N) is 1. The molecule has 0 atom stereocenters. The predicted octanol–water partition coefficient (Wildman–Crippen LogP) is 4.74. The quantitative estimate of drug-likeness (QED) is 0.694. The number of halogens is 1. The van der Waals surface area contributed by atoms with Gasteiger partial charge in [-0.3, -0.25) is 4.79 Å². The second-order valence-corrected chi connectivity index (χ2v) is 6.29. The molecule has 0 saturated carbocycles. The minimum absolute atomic E-state index is 0.108. The van der Waals surface area contributed by atoms with Crippen LogP contribution in [0.25, 0.3) is 22.4 Å². The second kappa shape index (κ2) is 7.37. The van der Waals surface area contributed by atoms with Crippen LogP contribution in [0.3, 0.4) is 0 Å². The lowest BCUT2D eigenvalue weighted by molar-refractivity contribution is 0.340. The van der Waals surface area contributed by atoms with Gasteiger partial charge in [0.2, 0.25) is 0 Å². The molecule has 0 radical (unpaired) electrons. The van der Waals surface area contributed by atoms with E-state index in [-0.39, 0.29) is 5.56 Å². The van der Waals surface area contributed by atoms with Gasteiger partial charge in [0, 0.05) is 15.7 Å². The van der Waals surface area contributed by atoms with Crippen molar-refractivity contribution in [2.45, 2.75) is 6.92 Å². The summed E-state index contributed by atoms with van der Waals surface area (Å²) < 4.78 is 6.38. The molecule has 0 aliphatic carbocycles. The topological polar surface area (TPSA) is 65.9 Å². The number of nitriles is 1. The predicted molar refractivity (Wildman–Crippen MR) is 102 cm³/mol. The van der Waals surface area contributed by atoms with Crippen LogP contribution < -0.4 is 10.3 Å². The fourth-order valence-electron chi connectivity index (χ4n) is 2.58. The van der Waals surface area contributed by atoms with E-state index in [1.807, 2.05) is 67.6 Å². The fraction of sp³-hybridized carbons (Fsp3) is 0.100. The normalized spacial score (nSPS) is 10.3. The van der Waals surface area contributed by atoms with Crippen LogP contribution >= 0.6 is 15.9 Å². The number of benzene rings is 2. The van der Waals surface area contributed by atoms with E-state index < -0.39 is 5.56 Å². The highest BCUT2D eigenvalue weighted by atomic mass is 79.9. The molecule has 0 amide bonds. The first kappa shape index (κ1) is 17.0. The summed E-state index contributed by atoms with van der Waals surface area (Å²) in [7, 11) is 0. The Morgan fingerprint density at radius 3 is 2.32 bits per heavy atom. The second-order valence-electron chi connectivity index (χ2n) is 5.38. The van der Waals surface area contributed by atoms with Crippen molar-refractivity contribution < 1.29 is 4.74 Å². The number of H-pyrrole nitrogens is 1. The van der Waals surface area contributed by atoms with E-state index in [0.29, 0.717) is 17.9 Å². The van der Waals surface area contributed by atoms with Gasteiger partial charge >= 0.3 is 0 Å². The Kier molecular flexibility index (Phi) is 5.01. The molecular formula is C20H15BrN2O2. The van der Waals surface area contributed by atoms with Crippen LogP contribution in [0.1, 0.15) is 12.5 Å². The number of hydrogen-bond acceptors (Lipinski definition) is 3. The number of pyridine rings is 1. The van der Waals surface area contributed by atoms with Gasteiger partial charge in [0.05, 0.1) is 6.61 Å². The highest BCUT2D eigenvalue weighted by Gasteiger charge is 2.12. The maximum Gasteiger partial charge on any atom is 0.266 e. The van der Waals surface area contributed by atoms with Crippen molar-refractivity contribution in [2.24, 2.45) is 0 Å². The van der Waals surface area contributed by atoms with Crippen LogP contribution in [0.5, 0.6) is 5.75 Å². The monoisotopic (exact) mass is 394 g/mol. The van der Waals surface area contributed by atoms with E-state index in [9.17, 15) is 10.1 Å². The van der Waals surface area contributed by atoms with Gasteiger partial charge in [-0.15, -0.1) is 0 Å². The Bertz CT molecular complexity index is 984. The third kappa shape index (κ3) is 3.65. The minimum Gasteiger partial charge on any atom is -0.494 e. The van der Waals surface area contributed by atoms with Crippen molar-refractivity contribution >= 4 is 15.9 Å². The molecule has 2 aromatic carbocycles. The number of ether oxygens (including phenoxy) is 1. The molecule has 1 heterocycles. The Hall–Kier alpha value is -2.84. The first-order valence-corrected chi connectivity index (χ1v) is 8.58. The average Bonchev–Trinajstić information content (AvgIpc) is 2.62. The molecule has 124 valence electrons. The molecule has 0 bridgehead atoms. The van der Waals surface area contributed by atoms with E-state index in [2.05, 4.69) is 20.9 Å². The van der Waals surface area contributed by atoms with Crippen molar-refractivity contribution in [3.8, 4) is 34.2 Å². The Morgan fingerprint density at radius 1 is 1.08 bits per heavy atom. The number of nitrogens with zero attached hydrogens (tertiary/aromatic N) is 1. The zero-order valence-electron chi connectivity index (χ0n) is 13.5. The summed E-state index contributed by atoms with van der Waals surface area (Å²) in [6, 6.07) is 18.8. The number of hydrogen-bond donors (Lipinski definition) is 1. The van der Waals surface area contributed by atoms with Gasteiger partial charge in [-0.25, -0.2) is 0 Å². The highest BCUT2D eigenvalue weighted by molar-refractivity contribution is 9.10. The molecule has 0 fully saturated rings. The fourth-order valence-corrected chi connectivity index (χ4v) is 2.85. The third-order valence-corrected chi connectivity index (χ3v) is 4.31. The molecule has 0 unspecified atom stereocenters. The van der Waals surface area contributed by atoms with E-state index >= 15 is 0 Å². The lowest BCUT2D eigenvalue weighted by atomic mass is 9.99. The Labute approximate surface area is 153 Å². The van der Waals surface area contributed by atoms with Crippen LogP contribution in [0.2, 0.25) is 0 Å². The largest absolute Gasteiger partial charge is 0.494 e. The summed E-state index contributed by atoms with van der Waals surface area (Å²) >= 11 is 3.39. The molecule has 4 nitrogen and oxygen atoms in total. The van der Waals surface area contributed by atoms with E-state index in [4.69, 9.17) is 4.74 Å². The Balaban J connectivity index is 2.12. The summed E-state index contributed by atoms with van der Waals surface area (Å²) in [4.78, 5) is 15.2. The number of aromatic amines is 1. The first-order valence-electron chi connectivity index (χ1n) is 7.79. The molecular weight excluding hydrogens is 380 g/mol. The summed E-state index contributed by atoms with van der Waals surface area (Å²) in [6.45, 7) is 2.53. The molecule has 3 rings (SSSR count). The van der Waals surface area contributed by atoms with E-state index in [0.717, 1.165) is 21.3 Å². The van der Waals surface area contributed by atoms with Crippen molar-refractivity contribution in [3.05, 3.63) is 75.0 Å². The molecule has 0 spiro atoms. The van der Waals surface area contributed by atoms with Gasteiger partial charge in [-0.05, 0) is 60.5 Å². The first-order chi connectivity index (χ1) is 12.1. The van der Waals surface area contributed by atoms with Gasteiger partial charge in [0.1, 0.15) is 17.4 Å². The molecule has 1 aromatic heterocycles. The molecule has 5 heteroatoms. The van der Waals surface area contributed by atoms with E-state index in [1.165, 1.54) is 0 Å². The number of rotatable bonds is 4. The van der Waals surface area contributed by atoms with Crippen LogP contribution in [-0.2, 0) is 0 Å². The minimum atomic E-state index is -0.396. The van der Waals surface area contributed by atoms with Crippen LogP contribution in [0.15, 0.2) is 63.9 Å². The maximum atomic E-state index is 12.4.